The van der Waals surface area contributed by atoms with E-state index in [1.807, 2.05) is 18.7 Å². The molecule has 0 atom stereocenters. The summed E-state index contributed by atoms with van der Waals surface area (Å²) in [6.45, 7) is 6.90. The van der Waals surface area contributed by atoms with Crippen molar-refractivity contribution in [3.05, 3.63) is 41.5 Å². The number of urea groups is 1. The van der Waals surface area contributed by atoms with Crippen LogP contribution < -0.4 is 10.6 Å². The number of carbonyl (C=O) groups is 2. The van der Waals surface area contributed by atoms with E-state index in [-0.39, 0.29) is 23.9 Å². The van der Waals surface area contributed by atoms with Gasteiger partial charge in [0.15, 0.2) is 5.82 Å². The van der Waals surface area contributed by atoms with Gasteiger partial charge in [0.25, 0.3) is 5.91 Å². The molecule has 0 spiro atoms. The molecule has 3 amide bonds. The van der Waals surface area contributed by atoms with Gasteiger partial charge in [0.2, 0.25) is 5.89 Å². The van der Waals surface area contributed by atoms with Gasteiger partial charge in [-0.3, -0.25) is 4.79 Å². The Labute approximate surface area is 158 Å². The second-order valence-electron chi connectivity index (χ2n) is 7.08. The number of aromatic nitrogens is 2. The molecule has 1 aliphatic heterocycles. The van der Waals surface area contributed by atoms with E-state index in [0.29, 0.717) is 36.1 Å². The summed E-state index contributed by atoms with van der Waals surface area (Å²) >= 11 is 0. The van der Waals surface area contributed by atoms with E-state index in [4.69, 9.17) is 4.52 Å². The molecule has 2 heterocycles. The summed E-state index contributed by atoms with van der Waals surface area (Å²) in [5.74, 6) is 1.50. The molecule has 0 unspecified atom stereocenters. The first-order chi connectivity index (χ1) is 12.9. The number of amides is 3. The normalized spacial score (nSPS) is 15.0. The Morgan fingerprint density at radius 1 is 1.19 bits per heavy atom. The molecule has 2 N–H and O–H groups in total. The zero-order valence-corrected chi connectivity index (χ0v) is 15.9. The van der Waals surface area contributed by atoms with Crippen LogP contribution in [-0.4, -0.2) is 46.1 Å². The van der Waals surface area contributed by atoms with Crippen LogP contribution in [0.4, 0.5) is 10.5 Å². The SMILES string of the molecule is Cc1noc(C2CCN(C(=O)c3ccc(NC(=O)NC(C)C)cc3)CC2)n1. The van der Waals surface area contributed by atoms with Crippen LogP contribution in [-0.2, 0) is 0 Å². The van der Waals surface area contributed by atoms with Gasteiger partial charge in [-0.25, -0.2) is 4.79 Å². The third kappa shape index (κ3) is 4.84. The summed E-state index contributed by atoms with van der Waals surface area (Å²) in [5.41, 5.74) is 1.26. The number of likely N-dealkylation sites (tertiary alicyclic amines) is 1. The summed E-state index contributed by atoms with van der Waals surface area (Å²) < 4.78 is 5.25. The predicted molar refractivity (Wildman–Crippen MR) is 101 cm³/mol. The van der Waals surface area contributed by atoms with Gasteiger partial charge in [-0.05, 0) is 57.9 Å². The number of piperidine rings is 1. The van der Waals surface area contributed by atoms with Gasteiger partial charge in [0.1, 0.15) is 0 Å². The average Bonchev–Trinajstić information content (AvgIpc) is 3.07. The predicted octanol–water partition coefficient (Wildman–Crippen LogP) is 2.93. The lowest BCUT2D eigenvalue weighted by molar-refractivity contribution is 0.0704. The third-order valence-electron chi connectivity index (χ3n) is 4.48. The lowest BCUT2D eigenvalue weighted by Crippen LogP contribution is -2.38. The Hall–Kier alpha value is -2.90. The Bertz CT molecular complexity index is 792. The van der Waals surface area contributed by atoms with Crippen LogP contribution in [0.1, 0.15) is 54.7 Å². The number of rotatable bonds is 4. The van der Waals surface area contributed by atoms with Crippen LogP contribution in [0.2, 0.25) is 0 Å². The Morgan fingerprint density at radius 3 is 2.41 bits per heavy atom. The molecule has 1 fully saturated rings. The first-order valence-corrected chi connectivity index (χ1v) is 9.19. The minimum Gasteiger partial charge on any atom is -0.339 e. The van der Waals surface area contributed by atoms with E-state index in [1.54, 1.807) is 31.2 Å². The quantitative estimate of drug-likeness (QED) is 0.861. The molecule has 0 radical (unpaired) electrons. The number of nitrogens with zero attached hydrogens (tertiary/aromatic N) is 3. The van der Waals surface area contributed by atoms with Gasteiger partial charge < -0.3 is 20.1 Å². The number of aryl methyl sites for hydroxylation is 1. The van der Waals surface area contributed by atoms with E-state index in [9.17, 15) is 9.59 Å². The van der Waals surface area contributed by atoms with E-state index in [1.165, 1.54) is 0 Å². The van der Waals surface area contributed by atoms with Crippen LogP contribution in [0.25, 0.3) is 0 Å². The van der Waals surface area contributed by atoms with E-state index in [0.717, 1.165) is 12.8 Å². The first-order valence-electron chi connectivity index (χ1n) is 9.19. The smallest absolute Gasteiger partial charge is 0.319 e. The van der Waals surface area contributed by atoms with E-state index < -0.39 is 0 Å². The fourth-order valence-electron chi connectivity index (χ4n) is 3.12. The zero-order valence-electron chi connectivity index (χ0n) is 15.9. The molecule has 27 heavy (non-hydrogen) atoms. The molecule has 1 aromatic heterocycles. The van der Waals surface area contributed by atoms with Crippen LogP contribution in [0.3, 0.4) is 0 Å². The molecular weight excluding hydrogens is 346 g/mol. The summed E-state index contributed by atoms with van der Waals surface area (Å²) in [6, 6.07) is 6.75. The van der Waals surface area contributed by atoms with Gasteiger partial charge in [0.05, 0.1) is 0 Å². The van der Waals surface area contributed by atoms with Crippen molar-refractivity contribution < 1.29 is 14.1 Å². The van der Waals surface area contributed by atoms with E-state index in [2.05, 4.69) is 20.8 Å². The highest BCUT2D eigenvalue weighted by molar-refractivity contribution is 5.95. The number of anilines is 1. The van der Waals surface area contributed by atoms with Crippen molar-refractivity contribution in [2.75, 3.05) is 18.4 Å². The Kier molecular flexibility index (Phi) is 5.73. The van der Waals surface area contributed by atoms with Crippen molar-refractivity contribution in [2.24, 2.45) is 0 Å². The van der Waals surface area contributed by atoms with Crippen molar-refractivity contribution in [3.8, 4) is 0 Å². The fourth-order valence-corrected chi connectivity index (χ4v) is 3.12. The van der Waals surface area contributed by atoms with Crippen molar-refractivity contribution in [1.29, 1.82) is 0 Å². The average molecular weight is 371 g/mol. The number of nitrogens with one attached hydrogen (secondary N) is 2. The van der Waals surface area contributed by atoms with Gasteiger partial charge in [-0.2, -0.15) is 4.98 Å². The van der Waals surface area contributed by atoms with Crippen LogP contribution >= 0.6 is 0 Å². The summed E-state index contributed by atoms with van der Waals surface area (Å²) in [4.78, 5) is 30.6. The molecule has 3 rings (SSSR count). The van der Waals surface area contributed by atoms with Crippen LogP contribution in [0, 0.1) is 6.92 Å². The summed E-state index contributed by atoms with van der Waals surface area (Å²) in [7, 11) is 0. The molecule has 8 heteroatoms. The highest BCUT2D eigenvalue weighted by Crippen LogP contribution is 2.27. The third-order valence-corrected chi connectivity index (χ3v) is 4.48. The maximum atomic E-state index is 12.7. The molecule has 0 aliphatic carbocycles. The monoisotopic (exact) mass is 371 g/mol. The standard InChI is InChI=1S/C19H25N5O3/c1-12(2)20-19(26)22-16-6-4-15(5-7-16)18(25)24-10-8-14(9-11-24)17-21-13(3)23-27-17/h4-7,12,14H,8-11H2,1-3H3,(H2,20,22,26). The van der Waals surface area contributed by atoms with E-state index >= 15 is 0 Å². The molecule has 1 aromatic carbocycles. The molecule has 0 bridgehead atoms. The maximum Gasteiger partial charge on any atom is 0.319 e. The van der Waals surface area contributed by atoms with Crippen LogP contribution in [0.5, 0.6) is 0 Å². The molecular formula is C19H25N5O3. The minimum atomic E-state index is -0.262. The van der Waals surface area contributed by atoms with Crippen molar-refractivity contribution in [2.45, 2.75) is 45.6 Å². The Balaban J connectivity index is 1.54. The highest BCUT2D eigenvalue weighted by Gasteiger charge is 2.27. The minimum absolute atomic E-state index is 0.00617. The van der Waals surface area contributed by atoms with Crippen molar-refractivity contribution in [1.82, 2.24) is 20.4 Å². The number of hydrogen-bond acceptors (Lipinski definition) is 5. The molecule has 144 valence electrons. The topological polar surface area (TPSA) is 100 Å². The maximum absolute atomic E-state index is 12.7. The number of benzene rings is 1. The lowest BCUT2D eigenvalue weighted by atomic mass is 9.96. The molecule has 8 nitrogen and oxygen atoms in total. The van der Waals surface area contributed by atoms with Crippen molar-refractivity contribution in [3.63, 3.8) is 0 Å². The van der Waals surface area contributed by atoms with Gasteiger partial charge >= 0.3 is 6.03 Å². The largest absolute Gasteiger partial charge is 0.339 e. The fraction of sp³-hybridized carbons (Fsp3) is 0.474. The second-order valence-corrected chi connectivity index (χ2v) is 7.08. The number of hydrogen-bond donors (Lipinski definition) is 2. The first kappa shape index (κ1) is 18.9. The van der Waals surface area contributed by atoms with Gasteiger partial charge in [0, 0.05) is 36.3 Å². The molecule has 2 aromatic rings. The molecule has 1 aliphatic rings. The van der Waals surface area contributed by atoms with Gasteiger partial charge in [-0.15, -0.1) is 0 Å². The van der Waals surface area contributed by atoms with Crippen molar-refractivity contribution >= 4 is 17.6 Å². The zero-order chi connectivity index (χ0) is 19.4. The highest BCUT2D eigenvalue weighted by atomic mass is 16.5. The molecule has 0 saturated carbocycles. The lowest BCUT2D eigenvalue weighted by Gasteiger charge is -2.30. The number of carbonyl (C=O) groups excluding carboxylic acids is 2. The van der Waals surface area contributed by atoms with Crippen LogP contribution in [0.15, 0.2) is 28.8 Å². The molecule has 1 saturated heterocycles. The van der Waals surface area contributed by atoms with Gasteiger partial charge in [-0.1, -0.05) is 5.16 Å². The summed E-state index contributed by atoms with van der Waals surface area (Å²) in [6.07, 6.45) is 1.62. The summed E-state index contributed by atoms with van der Waals surface area (Å²) in [5, 5.41) is 9.34. The Morgan fingerprint density at radius 2 is 1.85 bits per heavy atom. The second kappa shape index (κ2) is 8.20.